The summed E-state index contributed by atoms with van der Waals surface area (Å²) in [7, 11) is 0. The highest BCUT2D eigenvalue weighted by atomic mass is 32.2. The van der Waals surface area contributed by atoms with Crippen molar-refractivity contribution in [2.45, 2.75) is 35.8 Å². The van der Waals surface area contributed by atoms with Crippen LogP contribution in [0.15, 0.2) is 47.6 Å². The van der Waals surface area contributed by atoms with Crippen molar-refractivity contribution in [2.75, 3.05) is 5.32 Å². The first-order valence-corrected chi connectivity index (χ1v) is 7.59. The van der Waals surface area contributed by atoms with Crippen LogP contribution in [-0.4, -0.2) is 15.2 Å². The number of thioether (sulfide) groups is 1. The molecule has 98 valence electrons. The first-order chi connectivity index (χ1) is 9.40. The minimum atomic E-state index is 0.638. The van der Waals surface area contributed by atoms with E-state index < -0.39 is 0 Å². The van der Waals surface area contributed by atoms with E-state index in [1.165, 1.54) is 30.6 Å². The van der Waals surface area contributed by atoms with E-state index in [9.17, 15) is 0 Å². The van der Waals surface area contributed by atoms with Crippen LogP contribution in [0.25, 0.3) is 0 Å². The predicted octanol–water partition coefficient (Wildman–Crippen LogP) is 4.25. The largest absolute Gasteiger partial charge is 0.324 e. The molecule has 1 heterocycles. The van der Waals surface area contributed by atoms with Crippen LogP contribution >= 0.6 is 11.8 Å². The molecule has 3 rings (SSSR count). The summed E-state index contributed by atoms with van der Waals surface area (Å²) in [5.41, 5.74) is 1.03. The van der Waals surface area contributed by atoms with Crippen LogP contribution < -0.4 is 5.32 Å². The maximum Gasteiger partial charge on any atom is 0.227 e. The van der Waals surface area contributed by atoms with E-state index in [0.29, 0.717) is 5.95 Å². The Balaban J connectivity index is 1.62. The molecule has 0 unspecified atom stereocenters. The van der Waals surface area contributed by atoms with Gasteiger partial charge in [0, 0.05) is 28.2 Å². The van der Waals surface area contributed by atoms with Crippen molar-refractivity contribution >= 4 is 23.4 Å². The second-order valence-corrected chi connectivity index (χ2v) is 6.12. The van der Waals surface area contributed by atoms with E-state index in [4.69, 9.17) is 0 Å². The molecule has 2 aromatic rings. The highest BCUT2D eigenvalue weighted by Gasteiger charge is 2.15. The first-order valence-electron chi connectivity index (χ1n) is 6.71. The summed E-state index contributed by atoms with van der Waals surface area (Å²) in [6, 6.07) is 10.3. The van der Waals surface area contributed by atoms with Gasteiger partial charge in [0.1, 0.15) is 0 Å². The molecule has 0 spiro atoms. The Morgan fingerprint density at radius 1 is 1.00 bits per heavy atom. The zero-order valence-corrected chi connectivity index (χ0v) is 11.6. The lowest BCUT2D eigenvalue weighted by Crippen LogP contribution is -1.96. The van der Waals surface area contributed by atoms with Crippen LogP contribution in [0.1, 0.15) is 25.7 Å². The molecular formula is C15H17N3S. The van der Waals surface area contributed by atoms with E-state index in [1.807, 2.05) is 17.8 Å². The van der Waals surface area contributed by atoms with E-state index in [-0.39, 0.29) is 0 Å². The molecule has 0 bridgehead atoms. The molecule has 1 aromatic heterocycles. The maximum absolute atomic E-state index is 4.15. The number of hydrogen-bond acceptors (Lipinski definition) is 4. The number of nitrogens with zero attached hydrogens (tertiary/aromatic N) is 2. The van der Waals surface area contributed by atoms with Crippen molar-refractivity contribution in [1.29, 1.82) is 0 Å². The van der Waals surface area contributed by atoms with Crippen molar-refractivity contribution in [3.63, 3.8) is 0 Å². The summed E-state index contributed by atoms with van der Waals surface area (Å²) >= 11 is 2.01. The van der Waals surface area contributed by atoms with Crippen LogP contribution in [-0.2, 0) is 0 Å². The van der Waals surface area contributed by atoms with Crippen LogP contribution in [0.5, 0.6) is 0 Å². The zero-order valence-electron chi connectivity index (χ0n) is 10.7. The Kier molecular flexibility index (Phi) is 3.98. The van der Waals surface area contributed by atoms with Gasteiger partial charge in [0.15, 0.2) is 0 Å². The number of hydrogen-bond donors (Lipinski definition) is 1. The summed E-state index contributed by atoms with van der Waals surface area (Å²) in [6.07, 6.45) is 8.98. The van der Waals surface area contributed by atoms with E-state index in [2.05, 4.69) is 39.6 Å². The number of rotatable bonds is 4. The molecule has 0 atom stereocenters. The van der Waals surface area contributed by atoms with Crippen LogP contribution in [0.2, 0.25) is 0 Å². The third kappa shape index (κ3) is 3.47. The van der Waals surface area contributed by atoms with Crippen LogP contribution in [0.4, 0.5) is 11.6 Å². The predicted molar refractivity (Wildman–Crippen MR) is 79.9 cm³/mol. The molecule has 1 N–H and O–H groups in total. The topological polar surface area (TPSA) is 37.8 Å². The Bertz CT molecular complexity index is 507. The lowest BCUT2D eigenvalue weighted by Gasteiger charge is -2.09. The van der Waals surface area contributed by atoms with Gasteiger partial charge in [0.2, 0.25) is 5.95 Å². The van der Waals surface area contributed by atoms with Crippen molar-refractivity contribution in [1.82, 2.24) is 9.97 Å². The van der Waals surface area contributed by atoms with Crippen LogP contribution in [0, 0.1) is 0 Å². The molecule has 1 saturated carbocycles. The highest BCUT2D eigenvalue weighted by molar-refractivity contribution is 8.00. The van der Waals surface area contributed by atoms with Gasteiger partial charge >= 0.3 is 0 Å². The Morgan fingerprint density at radius 3 is 2.37 bits per heavy atom. The normalized spacial score (nSPS) is 15.6. The fourth-order valence-corrected chi connectivity index (χ4v) is 3.56. The number of nitrogens with one attached hydrogen (secondary N) is 1. The molecule has 0 radical (unpaired) electrons. The number of benzene rings is 1. The zero-order chi connectivity index (χ0) is 12.9. The molecule has 1 aliphatic rings. The molecule has 0 saturated heterocycles. The number of anilines is 2. The fourth-order valence-electron chi connectivity index (χ4n) is 2.31. The quantitative estimate of drug-likeness (QED) is 0.902. The SMILES string of the molecule is c1cnc(Nc2ccc(SC3CCCC3)cc2)nc1. The van der Waals surface area contributed by atoms with Crippen LogP contribution in [0.3, 0.4) is 0 Å². The van der Waals surface area contributed by atoms with Gasteiger partial charge in [0.25, 0.3) is 0 Å². The van der Waals surface area contributed by atoms with Gasteiger partial charge in [-0.05, 0) is 43.2 Å². The molecule has 0 aliphatic heterocycles. The molecule has 0 amide bonds. The Morgan fingerprint density at radius 2 is 1.68 bits per heavy atom. The van der Waals surface area contributed by atoms with Crippen molar-refractivity contribution in [2.24, 2.45) is 0 Å². The minimum absolute atomic E-state index is 0.638. The molecule has 1 aliphatic carbocycles. The number of aromatic nitrogens is 2. The molecule has 19 heavy (non-hydrogen) atoms. The van der Waals surface area contributed by atoms with E-state index >= 15 is 0 Å². The average molecular weight is 271 g/mol. The van der Waals surface area contributed by atoms with E-state index in [1.54, 1.807) is 12.4 Å². The summed E-state index contributed by atoms with van der Waals surface area (Å²) < 4.78 is 0. The Hall–Kier alpha value is -1.55. The summed E-state index contributed by atoms with van der Waals surface area (Å²) in [6.45, 7) is 0. The smallest absolute Gasteiger partial charge is 0.227 e. The summed E-state index contributed by atoms with van der Waals surface area (Å²) in [4.78, 5) is 9.66. The summed E-state index contributed by atoms with van der Waals surface area (Å²) in [5.74, 6) is 0.638. The lowest BCUT2D eigenvalue weighted by molar-refractivity contribution is 0.886. The molecule has 1 fully saturated rings. The third-order valence-electron chi connectivity index (χ3n) is 3.28. The third-order valence-corrected chi connectivity index (χ3v) is 4.63. The molecule has 3 nitrogen and oxygen atoms in total. The van der Waals surface area contributed by atoms with Gasteiger partial charge in [-0.1, -0.05) is 12.8 Å². The van der Waals surface area contributed by atoms with Gasteiger partial charge < -0.3 is 5.32 Å². The lowest BCUT2D eigenvalue weighted by atomic mass is 10.3. The van der Waals surface area contributed by atoms with Gasteiger partial charge in [-0.15, -0.1) is 11.8 Å². The Labute approximate surface area is 117 Å². The van der Waals surface area contributed by atoms with Gasteiger partial charge in [-0.25, -0.2) is 9.97 Å². The molecule has 1 aromatic carbocycles. The van der Waals surface area contributed by atoms with E-state index in [0.717, 1.165) is 10.9 Å². The van der Waals surface area contributed by atoms with Gasteiger partial charge in [0.05, 0.1) is 0 Å². The standard InChI is InChI=1S/C15H17N3S/c1-2-5-13(4-1)19-14-8-6-12(7-9-14)18-15-16-10-3-11-17-15/h3,6-11,13H,1-2,4-5H2,(H,16,17,18). The average Bonchev–Trinajstić information content (AvgIpc) is 2.95. The van der Waals surface area contributed by atoms with Crippen molar-refractivity contribution in [3.8, 4) is 0 Å². The minimum Gasteiger partial charge on any atom is -0.324 e. The van der Waals surface area contributed by atoms with Gasteiger partial charge in [-0.2, -0.15) is 0 Å². The summed E-state index contributed by atoms with van der Waals surface area (Å²) in [5, 5.41) is 4.01. The fraction of sp³-hybridized carbons (Fsp3) is 0.333. The highest BCUT2D eigenvalue weighted by Crippen LogP contribution is 2.35. The molecule has 4 heteroatoms. The van der Waals surface area contributed by atoms with Gasteiger partial charge in [-0.3, -0.25) is 0 Å². The van der Waals surface area contributed by atoms with Crippen molar-refractivity contribution < 1.29 is 0 Å². The first kappa shape index (κ1) is 12.5. The second-order valence-electron chi connectivity index (χ2n) is 4.75. The monoisotopic (exact) mass is 271 g/mol. The second kappa shape index (κ2) is 6.06. The molecular weight excluding hydrogens is 254 g/mol. The van der Waals surface area contributed by atoms with Crippen molar-refractivity contribution in [3.05, 3.63) is 42.7 Å². The maximum atomic E-state index is 4.15.